The Bertz CT molecular complexity index is 3840. The van der Waals surface area contributed by atoms with Gasteiger partial charge in [0.25, 0.3) is 0 Å². The van der Waals surface area contributed by atoms with Crippen molar-refractivity contribution < 1.29 is 91.4 Å². The fraction of sp³-hybridized carbons (Fsp3) is 0.658. The standard InChI is InChI=1S/C76H125N19O19/c1-38(2)32-45(37-96)84-60(104)49(27-30-55(78)99)87-66(110)71(10,11)92-63(107)51(33-39(3)4)85-61(105)50(28-31-56(79)100)88-67(111)73(14,15)94-69(113)75(18,19)90-57(101)41(7)81-59(103)48(26-29-54(77)98)86-65(109)72(12,13)93-64(108)52(34-40(5)6)89-68(112)74(16,17)95-70(114)76(20,21)91-58(102)42(8)82-62(106)53(83-43(9)97)35-44-36-80-47-25-23-22-24-46(44)47/h22-25,36,38-42,45,48-53,80,96H,26-35,37H2,1-21H3,(H2,77,98)(H2,78,99)(H2,79,100)(H,81,103)(H,82,106)(H,83,97)(H,84,104)(H,85,105)(H,86,109)(H,87,110)(H,88,111)(H,89,112)(H,90,101)(H,91,102)(H,92,107)(H,93,108)(H,94,113)(H,95,114)/t41-,42-,45-,48-,49-,50-,51-,52-,53-/m0/s1. The number of hydrogen-bond acceptors (Lipinski definition) is 19. The number of H-pyrrole nitrogens is 1. The van der Waals surface area contributed by atoms with Gasteiger partial charge >= 0.3 is 0 Å². The van der Waals surface area contributed by atoms with Gasteiger partial charge in [-0.25, -0.2) is 0 Å². The molecule has 2 aromatic rings. The summed E-state index contributed by atoms with van der Waals surface area (Å²) in [5.41, 5.74) is 6.79. The van der Waals surface area contributed by atoms with Crippen molar-refractivity contribution in [1.29, 1.82) is 0 Å². The zero-order valence-electron chi connectivity index (χ0n) is 69.6. The van der Waals surface area contributed by atoms with Crippen molar-refractivity contribution in [1.82, 2.24) is 84.7 Å². The summed E-state index contributed by atoms with van der Waals surface area (Å²) in [5, 5.41) is 49.0. The van der Waals surface area contributed by atoms with Crippen LogP contribution in [0.3, 0.4) is 0 Å². The molecule has 1 aromatic carbocycles. The Balaban J connectivity index is 2.23. The maximum atomic E-state index is 14.2. The molecule has 638 valence electrons. The molecule has 2 rings (SSSR count). The number of hydrogen-bond donors (Lipinski definition) is 20. The third-order valence-electron chi connectivity index (χ3n) is 18.2. The number of carbonyl (C=O) groups is 18. The van der Waals surface area contributed by atoms with Crippen LogP contribution < -0.4 is 97.0 Å². The van der Waals surface area contributed by atoms with E-state index >= 15 is 0 Å². The van der Waals surface area contributed by atoms with Gasteiger partial charge in [0.2, 0.25) is 106 Å². The van der Waals surface area contributed by atoms with Gasteiger partial charge in [-0.1, -0.05) is 59.7 Å². The minimum Gasteiger partial charge on any atom is -0.394 e. The lowest BCUT2D eigenvalue weighted by Gasteiger charge is -2.34. The maximum Gasteiger partial charge on any atom is 0.246 e. The van der Waals surface area contributed by atoms with E-state index in [0.29, 0.717) is 6.42 Å². The number of primary amides is 3. The van der Waals surface area contributed by atoms with Gasteiger partial charge in [-0.05, 0) is 165 Å². The Labute approximate surface area is 665 Å². The number of nitrogens with one attached hydrogen (secondary N) is 16. The van der Waals surface area contributed by atoms with E-state index in [1.54, 1.807) is 33.9 Å². The fourth-order valence-electron chi connectivity index (χ4n) is 11.3. The van der Waals surface area contributed by atoms with Gasteiger partial charge < -0.3 is 107 Å². The normalized spacial score (nSPS) is 14.4. The zero-order chi connectivity index (χ0) is 87.7. The molecule has 0 fully saturated rings. The molecule has 0 saturated heterocycles. The van der Waals surface area contributed by atoms with E-state index in [0.717, 1.165) is 16.5 Å². The highest BCUT2D eigenvalue weighted by Crippen LogP contribution is 2.21. The minimum absolute atomic E-state index is 0.00766. The van der Waals surface area contributed by atoms with Crippen molar-refractivity contribution in [3.05, 3.63) is 36.0 Å². The first-order valence-electron chi connectivity index (χ1n) is 37.9. The second-order valence-corrected chi connectivity index (χ2v) is 33.3. The summed E-state index contributed by atoms with van der Waals surface area (Å²) < 4.78 is 0. The van der Waals surface area contributed by atoms with Crippen molar-refractivity contribution in [2.45, 2.75) is 297 Å². The fourth-order valence-corrected chi connectivity index (χ4v) is 11.3. The molecule has 0 bridgehead atoms. The Morgan fingerprint density at radius 2 is 0.667 bits per heavy atom. The van der Waals surface area contributed by atoms with Crippen LogP contribution in [0.25, 0.3) is 10.9 Å². The van der Waals surface area contributed by atoms with Gasteiger partial charge in [0.1, 0.15) is 81.6 Å². The van der Waals surface area contributed by atoms with Crippen LogP contribution in [0, 0.1) is 17.8 Å². The Morgan fingerprint density at radius 1 is 0.360 bits per heavy atom. The third-order valence-corrected chi connectivity index (χ3v) is 18.2. The summed E-state index contributed by atoms with van der Waals surface area (Å²) in [7, 11) is 0. The van der Waals surface area contributed by atoms with E-state index in [2.05, 4.69) is 84.7 Å². The average molecular weight is 1610 g/mol. The lowest BCUT2D eigenvalue weighted by atomic mass is 9.96. The molecule has 0 aliphatic rings. The molecule has 0 aliphatic heterocycles. The lowest BCUT2D eigenvalue weighted by Crippen LogP contribution is -2.66. The average Bonchev–Trinajstić information content (AvgIpc) is 1.33. The lowest BCUT2D eigenvalue weighted by molar-refractivity contribution is -0.140. The van der Waals surface area contributed by atoms with Crippen LogP contribution in [0.15, 0.2) is 30.5 Å². The number of para-hydroxylation sites is 1. The van der Waals surface area contributed by atoms with Crippen LogP contribution in [-0.4, -0.2) is 211 Å². The summed E-state index contributed by atoms with van der Waals surface area (Å²) in [6, 6.07) is -4.42. The third kappa shape index (κ3) is 32.7. The first kappa shape index (κ1) is 99.3. The molecular formula is C76H125N19O19. The first-order chi connectivity index (χ1) is 52.3. The second-order valence-electron chi connectivity index (χ2n) is 33.3. The SMILES string of the molecule is CC(=O)N[C@@H](Cc1c[nH]c2ccccc12)C(=O)N[C@@H](C)C(=O)NC(C)(C)C(=O)NC(C)(C)C(=O)N[C@@H](CC(C)C)C(=O)NC(C)(C)C(=O)N[C@@H](CCC(N)=O)C(=O)N[C@@H](C)C(=O)NC(C)(C)C(=O)NC(C)(C)C(=O)N[C@@H](CCC(N)=O)C(=O)N[C@@H](CC(C)C)C(=O)NC(C)(C)C(=O)N[C@@H](CCC(N)=O)C(=O)N[C@H](CO)CC(C)C. The number of amides is 18. The van der Waals surface area contributed by atoms with Crippen LogP contribution >= 0.6 is 0 Å². The van der Waals surface area contributed by atoms with E-state index in [9.17, 15) is 91.4 Å². The summed E-state index contributed by atoms with van der Waals surface area (Å²) in [6.45, 7) is 29.7. The highest BCUT2D eigenvalue weighted by molar-refractivity contribution is 6.03. The molecule has 0 spiro atoms. The van der Waals surface area contributed by atoms with E-state index in [4.69, 9.17) is 17.2 Å². The van der Waals surface area contributed by atoms with Crippen LogP contribution in [0.5, 0.6) is 0 Å². The highest BCUT2D eigenvalue weighted by atomic mass is 16.3. The number of nitrogens with two attached hydrogens (primary N) is 3. The van der Waals surface area contributed by atoms with Crippen LogP contribution in [-0.2, 0) is 92.7 Å². The smallest absolute Gasteiger partial charge is 0.246 e. The molecule has 9 atom stereocenters. The predicted octanol–water partition coefficient (Wildman–Crippen LogP) is -2.57. The topological polar surface area (TPSA) is 602 Å². The molecule has 1 heterocycles. The summed E-state index contributed by atoms with van der Waals surface area (Å²) in [4.78, 5) is 246. The Morgan fingerprint density at radius 3 is 1.02 bits per heavy atom. The number of aromatic nitrogens is 1. The predicted molar refractivity (Wildman–Crippen MR) is 420 cm³/mol. The van der Waals surface area contributed by atoms with Crippen molar-refractivity contribution in [3.63, 3.8) is 0 Å². The van der Waals surface area contributed by atoms with Gasteiger partial charge in [-0.15, -0.1) is 0 Å². The molecule has 0 radical (unpaired) electrons. The number of aliphatic hydroxyl groups is 1. The summed E-state index contributed by atoms with van der Waals surface area (Å²) in [6.07, 6.45) is -0.172. The Kier molecular flexibility index (Phi) is 37.3. The molecule has 0 saturated carbocycles. The largest absolute Gasteiger partial charge is 0.394 e. The number of aromatic amines is 1. The van der Waals surface area contributed by atoms with Gasteiger partial charge in [-0.2, -0.15) is 0 Å². The van der Waals surface area contributed by atoms with E-state index in [1.807, 2.05) is 38.1 Å². The molecule has 0 unspecified atom stereocenters. The van der Waals surface area contributed by atoms with Crippen molar-refractivity contribution in [2.75, 3.05) is 6.61 Å². The number of fused-ring (bicyclic) bond motifs is 1. The highest BCUT2D eigenvalue weighted by Gasteiger charge is 2.44. The molecule has 114 heavy (non-hydrogen) atoms. The first-order valence-corrected chi connectivity index (χ1v) is 37.9. The zero-order valence-corrected chi connectivity index (χ0v) is 69.6. The number of rotatable bonds is 47. The van der Waals surface area contributed by atoms with Crippen LogP contribution in [0.1, 0.15) is 209 Å². The maximum absolute atomic E-state index is 14.2. The van der Waals surface area contributed by atoms with Crippen molar-refractivity contribution >= 4 is 117 Å². The van der Waals surface area contributed by atoms with Gasteiger partial charge in [-0.3, -0.25) is 86.3 Å². The quantitative estimate of drug-likeness (QED) is 0.0324. The van der Waals surface area contributed by atoms with Gasteiger partial charge in [0.15, 0.2) is 0 Å². The molecule has 1 aromatic heterocycles. The van der Waals surface area contributed by atoms with Gasteiger partial charge in [0.05, 0.1) is 12.6 Å². The number of benzene rings is 1. The second kappa shape index (κ2) is 42.9. The number of aliphatic hydroxyl groups excluding tert-OH is 1. The van der Waals surface area contributed by atoms with Crippen molar-refractivity contribution in [3.8, 4) is 0 Å². The summed E-state index contributed by atoms with van der Waals surface area (Å²) in [5.74, 6) is -16.0. The molecular weight excluding hydrogens is 1480 g/mol. The molecule has 18 amide bonds. The molecule has 38 heteroatoms. The molecule has 0 aliphatic carbocycles. The van der Waals surface area contributed by atoms with Crippen molar-refractivity contribution in [2.24, 2.45) is 35.0 Å². The monoisotopic (exact) mass is 1610 g/mol. The van der Waals surface area contributed by atoms with E-state index in [1.165, 1.54) is 104 Å². The minimum atomic E-state index is -1.93. The Hall–Kier alpha value is -10.8. The molecule has 38 nitrogen and oxygen atoms in total. The van der Waals surface area contributed by atoms with E-state index < -0.39 is 226 Å². The van der Waals surface area contributed by atoms with Gasteiger partial charge in [0, 0.05) is 49.7 Å². The van der Waals surface area contributed by atoms with E-state index in [-0.39, 0.29) is 49.9 Å². The van der Waals surface area contributed by atoms with Crippen LogP contribution in [0.2, 0.25) is 0 Å². The number of carbonyl (C=O) groups excluding carboxylic acids is 18. The summed E-state index contributed by atoms with van der Waals surface area (Å²) >= 11 is 0. The van der Waals surface area contributed by atoms with Crippen LogP contribution in [0.4, 0.5) is 0 Å². The molecule has 23 N–H and O–H groups in total.